The lowest BCUT2D eigenvalue weighted by Gasteiger charge is -2.61. The Balaban J connectivity index is 1.40. The molecule has 0 aromatic rings. The van der Waals surface area contributed by atoms with Gasteiger partial charge in [-0.2, -0.15) is 0 Å². The molecule has 6 rings (SSSR count). The van der Waals surface area contributed by atoms with Crippen molar-refractivity contribution in [3.8, 4) is 0 Å². The molecule has 3 aliphatic heterocycles. The minimum atomic E-state index is -0.698. The van der Waals surface area contributed by atoms with Crippen LogP contribution in [0.25, 0.3) is 0 Å². The third-order valence-corrected chi connectivity index (χ3v) is 11.6. The summed E-state index contributed by atoms with van der Waals surface area (Å²) < 4.78 is 19.9. The van der Waals surface area contributed by atoms with Crippen molar-refractivity contribution in [2.24, 2.45) is 41.2 Å². The number of piperidine rings is 1. The van der Waals surface area contributed by atoms with E-state index in [2.05, 4.69) is 12.2 Å². The van der Waals surface area contributed by atoms with Gasteiger partial charge in [-0.1, -0.05) is 25.3 Å². The van der Waals surface area contributed by atoms with Crippen LogP contribution >= 0.6 is 0 Å². The summed E-state index contributed by atoms with van der Waals surface area (Å²) in [6, 6.07) is 0. The van der Waals surface area contributed by atoms with Crippen molar-refractivity contribution in [1.82, 2.24) is 5.32 Å². The van der Waals surface area contributed by atoms with Gasteiger partial charge >= 0.3 is 11.9 Å². The molecule has 3 N–H and O–H groups in total. The molecule has 212 valence electrons. The lowest BCUT2D eigenvalue weighted by Crippen LogP contribution is -2.68. The van der Waals surface area contributed by atoms with Crippen LogP contribution < -0.4 is 11.1 Å². The summed E-state index contributed by atoms with van der Waals surface area (Å²) >= 11 is 0. The van der Waals surface area contributed by atoms with Crippen LogP contribution in [0.2, 0.25) is 0 Å². The molecule has 6 fully saturated rings. The maximum atomic E-state index is 13.4. The fourth-order valence-electron chi connectivity index (χ4n) is 9.71. The second kappa shape index (κ2) is 10.2. The van der Waals surface area contributed by atoms with Crippen LogP contribution in [0, 0.1) is 35.5 Å². The fraction of sp³-hybridized carbons (Fsp3) is 0.871. The van der Waals surface area contributed by atoms with Crippen LogP contribution in [0.4, 0.5) is 0 Å². The van der Waals surface area contributed by atoms with Gasteiger partial charge in [0.25, 0.3) is 0 Å². The average Bonchev–Trinajstić information content (AvgIpc) is 3.27. The van der Waals surface area contributed by atoms with Crippen LogP contribution in [0.15, 0.2) is 11.6 Å². The summed E-state index contributed by atoms with van der Waals surface area (Å²) in [7, 11) is 0. The van der Waals surface area contributed by atoms with E-state index in [-0.39, 0.29) is 30.3 Å². The summed E-state index contributed by atoms with van der Waals surface area (Å²) in [4.78, 5) is 25.5. The highest BCUT2D eigenvalue weighted by atomic mass is 16.6. The average molecular weight is 529 g/mol. The van der Waals surface area contributed by atoms with E-state index in [1.165, 1.54) is 25.7 Å². The number of hydrogen-bond donors (Lipinski definition) is 2. The molecule has 3 heterocycles. The molecule has 0 radical (unpaired) electrons. The van der Waals surface area contributed by atoms with Gasteiger partial charge in [-0.05, 0) is 108 Å². The van der Waals surface area contributed by atoms with Gasteiger partial charge in [0, 0.05) is 18.4 Å². The summed E-state index contributed by atoms with van der Waals surface area (Å²) in [6.45, 7) is 6.84. The van der Waals surface area contributed by atoms with Crippen molar-refractivity contribution >= 4 is 11.9 Å². The predicted molar refractivity (Wildman–Crippen MR) is 144 cm³/mol. The van der Waals surface area contributed by atoms with Gasteiger partial charge in [-0.25, -0.2) is 4.79 Å². The van der Waals surface area contributed by atoms with Crippen LogP contribution in [0.5, 0.6) is 0 Å². The monoisotopic (exact) mass is 528 g/mol. The standard InChI is InChI=1S/C31H48N2O5/c1-4-18(2)29(35)38-30(3)15-20-7-5-6-8-23(20)28(21-9-11-26(32)33-17-21)31(30)16-22-13-19-10-12-27(34)36-24(19)14-25(22)37-31/h4,19-26,28,33H,5-17,32H2,1-3H3/t19?,20?,21?,22?,23?,24?,25?,26?,28-,30-,31+/m1/s1. The third-order valence-electron chi connectivity index (χ3n) is 11.6. The van der Waals surface area contributed by atoms with E-state index in [9.17, 15) is 9.59 Å². The summed E-state index contributed by atoms with van der Waals surface area (Å²) in [5, 5.41) is 3.58. The Labute approximate surface area is 228 Å². The molecule has 11 atom stereocenters. The number of ether oxygens (including phenoxy) is 3. The Morgan fingerprint density at radius 2 is 1.84 bits per heavy atom. The Kier molecular flexibility index (Phi) is 7.18. The number of esters is 2. The first-order chi connectivity index (χ1) is 18.2. The number of rotatable bonds is 3. The zero-order chi connectivity index (χ0) is 26.7. The lowest BCUT2D eigenvalue weighted by molar-refractivity contribution is -0.266. The Bertz CT molecular complexity index is 960. The first kappa shape index (κ1) is 26.8. The van der Waals surface area contributed by atoms with E-state index in [1.54, 1.807) is 0 Å². The van der Waals surface area contributed by atoms with Crippen LogP contribution in [0.3, 0.4) is 0 Å². The minimum absolute atomic E-state index is 0.0365. The highest BCUT2D eigenvalue weighted by Gasteiger charge is 2.70. The molecular formula is C31H48N2O5. The SMILES string of the molecule is CC=C(C)C(=O)O[C@]1(C)CC2CCCCC2[C@@H](C2CCC(N)NC2)[C@@]12CC1CC3CCC(=O)OC3CC1O2. The van der Waals surface area contributed by atoms with Gasteiger partial charge in [0.2, 0.25) is 0 Å². The van der Waals surface area contributed by atoms with Crippen molar-refractivity contribution in [3.05, 3.63) is 11.6 Å². The number of carbonyl (C=O) groups is 2. The van der Waals surface area contributed by atoms with Gasteiger partial charge in [-0.3, -0.25) is 4.79 Å². The number of hydrogen-bond acceptors (Lipinski definition) is 7. The van der Waals surface area contributed by atoms with E-state index in [4.69, 9.17) is 19.9 Å². The Hall–Kier alpha value is -1.44. The van der Waals surface area contributed by atoms with Crippen molar-refractivity contribution in [1.29, 1.82) is 0 Å². The molecule has 0 aromatic carbocycles. The zero-order valence-corrected chi connectivity index (χ0v) is 23.6. The number of fused-ring (bicyclic) bond motifs is 3. The van der Waals surface area contributed by atoms with E-state index in [0.717, 1.165) is 51.5 Å². The highest BCUT2D eigenvalue weighted by Crippen LogP contribution is 2.64. The first-order valence-electron chi connectivity index (χ1n) is 15.5. The van der Waals surface area contributed by atoms with E-state index in [0.29, 0.717) is 47.5 Å². The second-order valence-electron chi connectivity index (χ2n) is 13.7. The Morgan fingerprint density at radius 1 is 1.03 bits per heavy atom. The van der Waals surface area contributed by atoms with Crippen molar-refractivity contribution < 1.29 is 23.8 Å². The summed E-state index contributed by atoms with van der Waals surface area (Å²) in [5.41, 5.74) is 5.71. The van der Waals surface area contributed by atoms with E-state index >= 15 is 0 Å². The molecule has 0 aromatic heterocycles. The maximum absolute atomic E-state index is 13.4. The largest absolute Gasteiger partial charge is 0.462 e. The van der Waals surface area contributed by atoms with Crippen molar-refractivity contribution in [2.45, 2.75) is 127 Å². The molecule has 3 aliphatic carbocycles. The molecule has 7 heteroatoms. The smallest absolute Gasteiger partial charge is 0.334 e. The molecule has 0 bridgehead atoms. The second-order valence-corrected chi connectivity index (χ2v) is 13.7. The van der Waals surface area contributed by atoms with Crippen LogP contribution in [-0.2, 0) is 23.8 Å². The molecule has 7 nitrogen and oxygen atoms in total. The van der Waals surface area contributed by atoms with Gasteiger partial charge in [0.05, 0.1) is 12.3 Å². The summed E-state index contributed by atoms with van der Waals surface area (Å²) in [5.74, 6) is 2.45. The quantitative estimate of drug-likeness (QED) is 0.407. The number of allylic oxidation sites excluding steroid dienone is 1. The fourth-order valence-corrected chi connectivity index (χ4v) is 9.71. The molecule has 38 heavy (non-hydrogen) atoms. The van der Waals surface area contributed by atoms with Crippen LogP contribution in [-0.4, -0.2) is 48.1 Å². The molecule has 3 saturated heterocycles. The van der Waals surface area contributed by atoms with Crippen LogP contribution in [0.1, 0.15) is 97.8 Å². The topological polar surface area (TPSA) is 99.9 Å². The van der Waals surface area contributed by atoms with E-state index in [1.807, 2.05) is 19.9 Å². The number of nitrogens with two attached hydrogens (primary N) is 1. The van der Waals surface area contributed by atoms with Gasteiger partial charge < -0.3 is 25.3 Å². The minimum Gasteiger partial charge on any atom is -0.462 e. The van der Waals surface area contributed by atoms with Gasteiger partial charge in [0.15, 0.2) is 0 Å². The third kappa shape index (κ3) is 4.45. The maximum Gasteiger partial charge on any atom is 0.334 e. The molecular weight excluding hydrogens is 480 g/mol. The first-order valence-corrected chi connectivity index (χ1v) is 15.5. The Morgan fingerprint density at radius 3 is 2.61 bits per heavy atom. The predicted octanol–water partition coefficient (Wildman–Crippen LogP) is 4.62. The van der Waals surface area contributed by atoms with Crippen molar-refractivity contribution in [3.63, 3.8) is 0 Å². The highest BCUT2D eigenvalue weighted by molar-refractivity contribution is 5.88. The molecule has 0 amide bonds. The zero-order valence-electron chi connectivity index (χ0n) is 23.6. The van der Waals surface area contributed by atoms with Crippen molar-refractivity contribution in [2.75, 3.05) is 6.54 Å². The molecule has 1 spiro atoms. The lowest BCUT2D eigenvalue weighted by atomic mass is 9.49. The summed E-state index contributed by atoms with van der Waals surface area (Å²) in [6.07, 6.45) is 14.0. The van der Waals surface area contributed by atoms with Gasteiger partial charge in [-0.15, -0.1) is 0 Å². The van der Waals surface area contributed by atoms with E-state index < -0.39 is 11.2 Å². The normalized spacial score (nSPS) is 49.0. The number of nitrogens with one attached hydrogen (secondary N) is 1. The number of carbonyl (C=O) groups excluding carboxylic acids is 2. The van der Waals surface area contributed by atoms with Gasteiger partial charge in [0.1, 0.15) is 17.3 Å². The molecule has 6 aliphatic rings. The molecule has 8 unspecified atom stereocenters. The molecule has 3 saturated carbocycles.